The number of nitrogens with one attached hydrogen (secondary N) is 2. The molecule has 1 aliphatic carbocycles. The molecule has 1 saturated carbocycles. The molecule has 0 radical (unpaired) electrons. The maximum atomic E-state index is 12.9. The molecule has 10 heteroatoms. The van der Waals surface area contributed by atoms with E-state index < -0.39 is 5.41 Å². The number of aromatic nitrogens is 5. The van der Waals surface area contributed by atoms with Gasteiger partial charge in [0, 0.05) is 17.4 Å². The second-order valence-electron chi connectivity index (χ2n) is 7.29. The number of nitrogens with zero attached hydrogens (tertiary/aromatic N) is 4. The number of carbonyl (C=O) groups is 1. The van der Waals surface area contributed by atoms with Crippen molar-refractivity contribution < 1.29 is 9.53 Å². The van der Waals surface area contributed by atoms with Gasteiger partial charge in [-0.2, -0.15) is 5.21 Å². The minimum absolute atomic E-state index is 0.0267. The predicted molar refractivity (Wildman–Crippen MR) is 107 cm³/mol. The Labute approximate surface area is 176 Å². The molecule has 3 heterocycles. The molecule has 5 rings (SSSR count). The number of H-pyrrole nitrogens is 1. The van der Waals surface area contributed by atoms with Crippen molar-refractivity contribution in [3.63, 3.8) is 0 Å². The van der Waals surface area contributed by atoms with Gasteiger partial charge in [-0.25, -0.2) is 4.98 Å². The van der Waals surface area contributed by atoms with Gasteiger partial charge in [0.25, 0.3) is 0 Å². The average Bonchev–Trinajstić information content (AvgIpc) is 3.33. The molecular formula is C19H16Cl2N6O2. The minimum Gasteiger partial charge on any atom is -0.473 e. The Hall–Kier alpha value is -2.71. The van der Waals surface area contributed by atoms with Crippen LogP contribution in [-0.2, 0) is 10.2 Å². The molecule has 1 spiro atoms. The first-order valence-corrected chi connectivity index (χ1v) is 9.98. The van der Waals surface area contributed by atoms with Crippen LogP contribution in [-0.4, -0.2) is 37.6 Å². The van der Waals surface area contributed by atoms with Crippen LogP contribution in [0.15, 0.2) is 30.5 Å². The largest absolute Gasteiger partial charge is 0.473 e. The third-order valence-electron chi connectivity index (χ3n) is 5.66. The van der Waals surface area contributed by atoms with E-state index >= 15 is 0 Å². The van der Waals surface area contributed by atoms with Crippen molar-refractivity contribution in [1.29, 1.82) is 0 Å². The zero-order valence-corrected chi connectivity index (χ0v) is 16.7. The number of pyridine rings is 1. The number of hydrogen-bond donors (Lipinski definition) is 2. The van der Waals surface area contributed by atoms with Gasteiger partial charge in [-0.05, 0) is 60.7 Å². The van der Waals surface area contributed by atoms with Gasteiger partial charge in [0.1, 0.15) is 11.1 Å². The summed E-state index contributed by atoms with van der Waals surface area (Å²) in [5.41, 5.74) is 2.06. The lowest BCUT2D eigenvalue weighted by molar-refractivity contribution is -0.122. The molecule has 0 saturated heterocycles. The number of tetrazole rings is 1. The third kappa shape index (κ3) is 3.12. The summed E-state index contributed by atoms with van der Waals surface area (Å²) in [6.07, 6.45) is 4.19. The van der Waals surface area contributed by atoms with E-state index in [1.54, 1.807) is 6.07 Å². The first-order chi connectivity index (χ1) is 14.0. The Bertz CT molecular complexity index is 1080. The Morgan fingerprint density at radius 2 is 2.00 bits per heavy atom. The van der Waals surface area contributed by atoms with Crippen LogP contribution in [0, 0.1) is 0 Å². The molecule has 8 nitrogen and oxygen atoms in total. The fraction of sp³-hybridized carbons (Fsp3) is 0.316. The normalized spacial score (nSPS) is 23.1. The van der Waals surface area contributed by atoms with E-state index in [9.17, 15) is 4.79 Å². The Morgan fingerprint density at radius 3 is 2.72 bits per heavy atom. The van der Waals surface area contributed by atoms with Gasteiger partial charge in [-0.1, -0.05) is 23.2 Å². The molecule has 0 unspecified atom stereocenters. The molecule has 1 aromatic carbocycles. The van der Waals surface area contributed by atoms with Crippen molar-refractivity contribution in [3.05, 3.63) is 46.1 Å². The van der Waals surface area contributed by atoms with Crippen LogP contribution >= 0.6 is 23.2 Å². The summed E-state index contributed by atoms with van der Waals surface area (Å²) >= 11 is 12.1. The molecule has 148 valence electrons. The highest BCUT2D eigenvalue weighted by atomic mass is 35.5. The highest BCUT2D eigenvalue weighted by Gasteiger charge is 2.49. The Balaban J connectivity index is 1.38. The van der Waals surface area contributed by atoms with Crippen molar-refractivity contribution in [1.82, 2.24) is 25.6 Å². The van der Waals surface area contributed by atoms with Crippen molar-refractivity contribution in [2.75, 3.05) is 5.32 Å². The lowest BCUT2D eigenvalue weighted by atomic mass is 9.69. The van der Waals surface area contributed by atoms with E-state index in [1.807, 2.05) is 18.2 Å². The van der Waals surface area contributed by atoms with E-state index in [0.29, 0.717) is 47.4 Å². The van der Waals surface area contributed by atoms with E-state index in [2.05, 4.69) is 30.9 Å². The number of hydrogen-bond acceptors (Lipinski definition) is 6. The molecule has 1 amide bonds. The fourth-order valence-electron chi connectivity index (χ4n) is 4.18. The van der Waals surface area contributed by atoms with Crippen LogP contribution in [0.3, 0.4) is 0 Å². The summed E-state index contributed by atoms with van der Waals surface area (Å²) in [6.45, 7) is 0. The summed E-state index contributed by atoms with van der Waals surface area (Å²) in [4.78, 5) is 17.1. The number of carbonyl (C=O) groups excluding carboxylic acids is 1. The van der Waals surface area contributed by atoms with Gasteiger partial charge in [0.15, 0.2) is 0 Å². The van der Waals surface area contributed by atoms with E-state index in [0.717, 1.165) is 16.8 Å². The third-order valence-corrected chi connectivity index (χ3v) is 6.14. The zero-order valence-electron chi connectivity index (χ0n) is 15.2. The standard InChI is InChI=1S/C19H16Cl2N6O2/c20-11-8-14(21)17(22-9-11)29-12-3-5-19(6-4-12)13-7-10(16-24-26-27-25-16)1-2-15(13)23-18(19)28/h1-2,7-9,12H,3-6H2,(H,23,28)(H,24,25,26,27). The Kier molecular flexibility index (Phi) is 4.40. The van der Waals surface area contributed by atoms with Crippen molar-refractivity contribution in [2.45, 2.75) is 37.2 Å². The number of halogens is 2. The Morgan fingerprint density at radius 1 is 1.17 bits per heavy atom. The fourth-order valence-corrected chi connectivity index (χ4v) is 4.61. The second-order valence-corrected chi connectivity index (χ2v) is 8.13. The zero-order chi connectivity index (χ0) is 20.0. The van der Waals surface area contributed by atoms with Crippen molar-refractivity contribution in [2.24, 2.45) is 0 Å². The van der Waals surface area contributed by atoms with Gasteiger partial charge in [0.05, 0.1) is 10.4 Å². The molecule has 2 N–H and O–H groups in total. The minimum atomic E-state index is -0.577. The number of aromatic amines is 1. The number of rotatable bonds is 3. The van der Waals surface area contributed by atoms with E-state index in [1.165, 1.54) is 6.20 Å². The monoisotopic (exact) mass is 430 g/mol. The number of amides is 1. The molecule has 2 aliphatic rings. The second kappa shape index (κ2) is 6.96. The van der Waals surface area contributed by atoms with Crippen LogP contribution < -0.4 is 10.1 Å². The predicted octanol–water partition coefficient (Wildman–Crippen LogP) is 3.78. The molecule has 1 fully saturated rings. The van der Waals surface area contributed by atoms with Crippen LogP contribution in [0.25, 0.3) is 11.4 Å². The number of ether oxygens (including phenoxy) is 1. The topological polar surface area (TPSA) is 106 Å². The molecular weight excluding hydrogens is 415 g/mol. The van der Waals surface area contributed by atoms with Gasteiger partial charge in [-0.3, -0.25) is 4.79 Å². The van der Waals surface area contributed by atoms with Gasteiger partial charge < -0.3 is 10.1 Å². The van der Waals surface area contributed by atoms with Crippen LogP contribution in [0.5, 0.6) is 5.88 Å². The SMILES string of the molecule is O=C1Nc2ccc(-c3nn[nH]n3)cc2C12CCC(Oc1ncc(Cl)cc1Cl)CC2. The summed E-state index contributed by atoms with van der Waals surface area (Å²) in [7, 11) is 0. The number of anilines is 1. The highest BCUT2D eigenvalue weighted by molar-refractivity contribution is 6.35. The van der Waals surface area contributed by atoms with E-state index in [-0.39, 0.29) is 12.0 Å². The number of fused-ring (bicyclic) bond motifs is 2. The number of benzene rings is 1. The lowest BCUT2D eigenvalue weighted by Crippen LogP contribution is -2.41. The summed E-state index contributed by atoms with van der Waals surface area (Å²) < 4.78 is 5.98. The maximum Gasteiger partial charge on any atom is 0.235 e. The smallest absolute Gasteiger partial charge is 0.235 e. The van der Waals surface area contributed by atoms with Gasteiger partial charge in [0.2, 0.25) is 17.6 Å². The van der Waals surface area contributed by atoms with Crippen LogP contribution in [0.1, 0.15) is 31.2 Å². The molecule has 0 bridgehead atoms. The van der Waals surface area contributed by atoms with Crippen LogP contribution in [0.2, 0.25) is 10.0 Å². The maximum absolute atomic E-state index is 12.9. The first-order valence-electron chi connectivity index (χ1n) is 9.23. The summed E-state index contributed by atoms with van der Waals surface area (Å²) in [6, 6.07) is 7.37. The lowest BCUT2D eigenvalue weighted by Gasteiger charge is -2.35. The van der Waals surface area contributed by atoms with Gasteiger partial charge in [-0.15, -0.1) is 10.2 Å². The van der Waals surface area contributed by atoms with E-state index in [4.69, 9.17) is 27.9 Å². The molecule has 0 atom stereocenters. The van der Waals surface area contributed by atoms with Crippen molar-refractivity contribution in [3.8, 4) is 17.3 Å². The summed E-state index contributed by atoms with van der Waals surface area (Å²) in [5.74, 6) is 0.898. The first kappa shape index (κ1) is 18.3. The molecule has 29 heavy (non-hydrogen) atoms. The van der Waals surface area contributed by atoms with Crippen molar-refractivity contribution >= 4 is 34.8 Å². The van der Waals surface area contributed by atoms with Crippen LogP contribution in [0.4, 0.5) is 5.69 Å². The average molecular weight is 431 g/mol. The molecule has 3 aromatic rings. The highest BCUT2D eigenvalue weighted by Crippen LogP contribution is 2.48. The summed E-state index contributed by atoms with van der Waals surface area (Å²) in [5, 5.41) is 18.0. The quantitative estimate of drug-likeness (QED) is 0.654. The molecule has 1 aliphatic heterocycles. The molecule has 2 aromatic heterocycles. The van der Waals surface area contributed by atoms with Gasteiger partial charge >= 0.3 is 0 Å².